The zero-order valence-electron chi connectivity index (χ0n) is 11.3. The first-order valence-corrected chi connectivity index (χ1v) is 6.66. The van der Waals surface area contributed by atoms with Gasteiger partial charge in [-0.3, -0.25) is 14.4 Å². The number of hydrogen-bond donors (Lipinski definition) is 4. The fourth-order valence-electron chi connectivity index (χ4n) is 1.64. The van der Waals surface area contributed by atoms with Crippen molar-refractivity contribution in [3.8, 4) is 0 Å². The molecule has 0 spiro atoms. The Kier molecular flexibility index (Phi) is 7.10. The van der Waals surface area contributed by atoms with Gasteiger partial charge in [0.2, 0.25) is 0 Å². The van der Waals surface area contributed by atoms with Gasteiger partial charge < -0.3 is 16.6 Å². The average molecular weight is 316 g/mol. The van der Waals surface area contributed by atoms with Crippen LogP contribution in [0, 0.1) is 0 Å². The monoisotopic (exact) mass is 315 g/mol. The van der Waals surface area contributed by atoms with Crippen molar-refractivity contribution in [2.45, 2.75) is 18.4 Å². The van der Waals surface area contributed by atoms with Gasteiger partial charge in [-0.25, -0.2) is 5.48 Å². The van der Waals surface area contributed by atoms with E-state index in [2.05, 4.69) is 10.3 Å². The van der Waals surface area contributed by atoms with Crippen LogP contribution in [-0.4, -0.2) is 36.2 Å². The van der Waals surface area contributed by atoms with Gasteiger partial charge in [-0.15, -0.1) is 0 Å². The number of hydrogen-bond acceptors (Lipinski definition) is 5. The molecule has 8 heteroatoms. The number of rotatable bonds is 4. The lowest BCUT2D eigenvalue weighted by Gasteiger charge is -2.12. The summed E-state index contributed by atoms with van der Waals surface area (Å²) >= 11 is 5.72. The van der Waals surface area contributed by atoms with Crippen LogP contribution in [0.4, 0.5) is 0 Å². The highest BCUT2D eigenvalue weighted by Crippen LogP contribution is 2.20. The first-order chi connectivity index (χ1) is 9.93. The fourth-order valence-corrected chi connectivity index (χ4v) is 1.76. The second kappa shape index (κ2) is 8.58. The van der Waals surface area contributed by atoms with Gasteiger partial charge in [-0.05, 0) is 24.2 Å². The van der Waals surface area contributed by atoms with E-state index in [-0.39, 0.29) is 18.2 Å². The van der Waals surface area contributed by atoms with Gasteiger partial charge in [0.05, 0.1) is 13.0 Å². The third-order valence-electron chi connectivity index (χ3n) is 2.82. The first-order valence-electron chi connectivity index (χ1n) is 6.28. The lowest BCUT2D eigenvalue weighted by Crippen LogP contribution is -2.31. The van der Waals surface area contributed by atoms with E-state index in [1.165, 1.54) is 0 Å². The number of carboxylic acids is 1. The van der Waals surface area contributed by atoms with Crippen LogP contribution in [0.5, 0.6) is 0 Å². The number of carbonyl (C=O) groups excluding carboxylic acids is 1. The summed E-state index contributed by atoms with van der Waals surface area (Å²) < 4.78 is 0. The first kappa shape index (κ1) is 17.4. The number of amides is 1. The highest BCUT2D eigenvalue weighted by molar-refractivity contribution is 6.30. The summed E-state index contributed by atoms with van der Waals surface area (Å²) in [5, 5.41) is 9.29. The Bertz CT molecular complexity index is 481. The van der Waals surface area contributed by atoms with Gasteiger partial charge in [-0.1, -0.05) is 23.7 Å². The number of benzene rings is 1. The van der Waals surface area contributed by atoms with Crippen molar-refractivity contribution in [2.75, 3.05) is 13.2 Å². The van der Waals surface area contributed by atoms with Crippen LogP contribution in [0.25, 0.3) is 0 Å². The van der Waals surface area contributed by atoms with E-state index in [9.17, 15) is 9.59 Å². The Labute approximate surface area is 127 Å². The number of nitrogens with two attached hydrogens (primary N) is 2. The Morgan fingerprint density at radius 2 is 2.10 bits per heavy atom. The quantitative estimate of drug-likeness (QED) is 0.630. The minimum atomic E-state index is -0.838. The Morgan fingerprint density at radius 1 is 1.48 bits per heavy atom. The minimum Gasteiger partial charge on any atom is -0.481 e. The van der Waals surface area contributed by atoms with E-state index in [1.807, 2.05) is 12.1 Å². The van der Waals surface area contributed by atoms with E-state index in [1.54, 1.807) is 12.1 Å². The molecule has 1 fully saturated rings. The maximum Gasteiger partial charge on any atom is 0.304 e. The fraction of sp³-hybridized carbons (Fsp3) is 0.385. The van der Waals surface area contributed by atoms with Crippen molar-refractivity contribution < 1.29 is 19.5 Å². The normalized spacial score (nSPS) is 18.4. The molecule has 1 unspecified atom stereocenters. The lowest BCUT2D eigenvalue weighted by atomic mass is 9.96. The number of aliphatic carboxylic acids is 1. The van der Waals surface area contributed by atoms with Gasteiger partial charge in [0.25, 0.3) is 5.91 Å². The van der Waals surface area contributed by atoms with E-state index in [0.717, 1.165) is 5.56 Å². The number of hydroxylamine groups is 1. The summed E-state index contributed by atoms with van der Waals surface area (Å²) in [6.45, 7) is 0.618. The van der Waals surface area contributed by atoms with E-state index in [4.69, 9.17) is 28.2 Å². The predicted molar refractivity (Wildman–Crippen MR) is 77.6 cm³/mol. The summed E-state index contributed by atoms with van der Waals surface area (Å²) in [7, 11) is 0. The average Bonchev–Trinajstić information content (AvgIpc) is 2.82. The standard InChI is InChI=1S/C10H12ClNO2.C3H6N2O2/c11-9-3-1-7(2-4-9)8(6-12)5-10(13)14;4-2-1-7-5-3(2)6/h1-4,8H,5-6,12H2,(H,13,14);2H,1,4H2,(H,5,6)/t;2-/m.1/s1. The molecular weight excluding hydrogens is 298 g/mol. The highest BCUT2D eigenvalue weighted by Gasteiger charge is 2.19. The van der Waals surface area contributed by atoms with Gasteiger partial charge >= 0.3 is 5.97 Å². The van der Waals surface area contributed by atoms with Gasteiger partial charge in [0, 0.05) is 10.9 Å². The highest BCUT2D eigenvalue weighted by atomic mass is 35.5. The molecule has 0 bridgehead atoms. The van der Waals surface area contributed by atoms with Gasteiger partial charge in [0.1, 0.15) is 6.04 Å². The maximum absolute atomic E-state index is 10.5. The van der Waals surface area contributed by atoms with Crippen molar-refractivity contribution in [3.05, 3.63) is 34.9 Å². The number of halogens is 1. The van der Waals surface area contributed by atoms with E-state index < -0.39 is 12.0 Å². The molecule has 1 heterocycles. The molecule has 1 aromatic rings. The Balaban J connectivity index is 0.000000262. The van der Waals surface area contributed by atoms with Crippen LogP contribution in [0.2, 0.25) is 5.02 Å². The molecule has 1 amide bonds. The zero-order chi connectivity index (χ0) is 15.8. The summed E-state index contributed by atoms with van der Waals surface area (Å²) in [6.07, 6.45) is 0.0537. The number of carbonyl (C=O) groups is 2. The van der Waals surface area contributed by atoms with Crippen molar-refractivity contribution in [1.29, 1.82) is 0 Å². The van der Waals surface area contributed by atoms with Crippen LogP contribution in [-0.2, 0) is 14.4 Å². The smallest absolute Gasteiger partial charge is 0.304 e. The molecule has 2 atom stereocenters. The topological polar surface area (TPSA) is 128 Å². The molecular formula is C13H18ClN3O4. The van der Waals surface area contributed by atoms with Gasteiger partial charge in [-0.2, -0.15) is 0 Å². The molecule has 0 aromatic heterocycles. The van der Waals surface area contributed by atoms with Gasteiger partial charge in [0.15, 0.2) is 0 Å². The maximum atomic E-state index is 10.5. The molecule has 2 rings (SSSR count). The van der Waals surface area contributed by atoms with Crippen molar-refractivity contribution in [1.82, 2.24) is 5.48 Å². The molecule has 7 nitrogen and oxygen atoms in total. The SMILES string of the molecule is NCC(CC(=O)O)c1ccc(Cl)cc1.N[C@@H]1CONC1=O. The second-order valence-electron chi connectivity index (χ2n) is 4.47. The van der Waals surface area contributed by atoms with E-state index in [0.29, 0.717) is 18.2 Å². The number of carboxylic acid groups (broad SMARTS) is 1. The van der Waals surface area contributed by atoms with Crippen LogP contribution < -0.4 is 16.9 Å². The van der Waals surface area contributed by atoms with Crippen LogP contribution in [0.1, 0.15) is 17.9 Å². The summed E-state index contributed by atoms with van der Waals surface area (Å²) in [5.41, 5.74) is 13.7. The zero-order valence-corrected chi connectivity index (χ0v) is 12.0. The van der Waals surface area contributed by atoms with Crippen molar-refractivity contribution >= 4 is 23.5 Å². The Morgan fingerprint density at radius 3 is 2.43 bits per heavy atom. The van der Waals surface area contributed by atoms with Crippen molar-refractivity contribution in [2.24, 2.45) is 11.5 Å². The van der Waals surface area contributed by atoms with E-state index >= 15 is 0 Å². The summed E-state index contributed by atoms with van der Waals surface area (Å²) in [4.78, 5) is 25.2. The summed E-state index contributed by atoms with van der Waals surface area (Å²) in [6, 6.07) is 6.63. The third-order valence-corrected chi connectivity index (χ3v) is 3.07. The van der Waals surface area contributed by atoms with Crippen LogP contribution in [0.3, 0.4) is 0 Å². The molecule has 0 aliphatic carbocycles. The van der Waals surface area contributed by atoms with Crippen LogP contribution >= 0.6 is 11.6 Å². The molecule has 116 valence electrons. The molecule has 1 aromatic carbocycles. The third kappa shape index (κ3) is 6.09. The second-order valence-corrected chi connectivity index (χ2v) is 4.90. The molecule has 1 aliphatic heterocycles. The predicted octanol–water partition coefficient (Wildman–Crippen LogP) is 0.232. The molecule has 0 saturated carbocycles. The van der Waals surface area contributed by atoms with Crippen molar-refractivity contribution in [3.63, 3.8) is 0 Å². The molecule has 1 aliphatic rings. The lowest BCUT2D eigenvalue weighted by molar-refractivity contribution is -0.137. The summed E-state index contributed by atoms with van der Waals surface area (Å²) in [5.74, 6) is -1.21. The number of nitrogens with one attached hydrogen (secondary N) is 1. The minimum absolute atomic E-state index is 0.0537. The molecule has 6 N–H and O–H groups in total. The molecule has 0 radical (unpaired) electrons. The molecule has 21 heavy (non-hydrogen) atoms. The molecule has 1 saturated heterocycles. The largest absolute Gasteiger partial charge is 0.481 e. The van der Waals surface area contributed by atoms with Crippen LogP contribution in [0.15, 0.2) is 24.3 Å². The Hall–Kier alpha value is -1.67.